The van der Waals surface area contributed by atoms with Crippen molar-refractivity contribution in [1.82, 2.24) is 0 Å². The Morgan fingerprint density at radius 3 is 2.77 bits per heavy atom. The van der Waals surface area contributed by atoms with Gasteiger partial charge in [-0.15, -0.1) is 0 Å². The van der Waals surface area contributed by atoms with Crippen molar-refractivity contribution < 1.29 is 23.1 Å². The van der Waals surface area contributed by atoms with Crippen LogP contribution in [0.1, 0.15) is 5.76 Å². The predicted octanol–water partition coefficient (Wildman–Crippen LogP) is 4.47. The molecular weight excluding hydrogens is 337 g/mol. The van der Waals surface area contributed by atoms with Gasteiger partial charge in [0, 0.05) is 17.8 Å². The van der Waals surface area contributed by atoms with Crippen LogP contribution >= 0.6 is 0 Å². The summed E-state index contributed by atoms with van der Waals surface area (Å²) in [6, 6.07) is 14.8. The highest BCUT2D eigenvalue weighted by atomic mass is 19.1. The van der Waals surface area contributed by atoms with Crippen LogP contribution < -0.4 is 14.8 Å². The number of halogens is 1. The number of rotatable bonds is 4. The summed E-state index contributed by atoms with van der Waals surface area (Å²) < 4.78 is 29.8. The maximum absolute atomic E-state index is 13.8. The van der Waals surface area contributed by atoms with Gasteiger partial charge in [0.2, 0.25) is 12.7 Å². The van der Waals surface area contributed by atoms with E-state index in [1.54, 1.807) is 48.5 Å². The molecule has 0 unspecified atom stereocenters. The van der Waals surface area contributed by atoms with Crippen LogP contribution in [0.5, 0.6) is 11.5 Å². The number of anilines is 1. The molecule has 5 nitrogen and oxygen atoms in total. The largest absolute Gasteiger partial charge is 0.457 e. The molecule has 4 rings (SSSR count). The lowest BCUT2D eigenvalue weighted by Crippen LogP contribution is -2.07. The van der Waals surface area contributed by atoms with Gasteiger partial charge in [-0.05, 0) is 42.5 Å². The Bertz CT molecular complexity index is 993. The molecule has 0 fully saturated rings. The molecule has 2 heterocycles. The topological polar surface area (TPSA) is 60.7 Å². The van der Waals surface area contributed by atoms with Crippen LogP contribution in [-0.4, -0.2) is 12.7 Å². The minimum atomic E-state index is -0.363. The minimum Gasteiger partial charge on any atom is -0.457 e. The van der Waals surface area contributed by atoms with Crippen molar-refractivity contribution in [1.29, 1.82) is 0 Å². The van der Waals surface area contributed by atoms with Gasteiger partial charge in [0.15, 0.2) is 11.5 Å². The lowest BCUT2D eigenvalue weighted by molar-refractivity contribution is -0.111. The van der Waals surface area contributed by atoms with Crippen molar-refractivity contribution in [3.05, 3.63) is 72.3 Å². The first kappa shape index (κ1) is 16.0. The first-order valence-electron chi connectivity index (χ1n) is 7.92. The number of furan rings is 1. The maximum Gasteiger partial charge on any atom is 0.248 e. The molecule has 0 bridgehead atoms. The SMILES string of the molecule is O=C(C=Cc1ccc(-c2ccccc2F)o1)Nc1ccc2c(c1)OCO2. The number of fused-ring (bicyclic) bond motifs is 1. The molecule has 0 aliphatic carbocycles. The summed E-state index contributed by atoms with van der Waals surface area (Å²) in [5.74, 6) is 1.40. The second-order valence-electron chi connectivity index (χ2n) is 5.57. The van der Waals surface area contributed by atoms with E-state index in [1.165, 1.54) is 18.2 Å². The van der Waals surface area contributed by atoms with Gasteiger partial charge in [-0.25, -0.2) is 4.39 Å². The minimum absolute atomic E-state index is 0.176. The van der Waals surface area contributed by atoms with Gasteiger partial charge in [-0.2, -0.15) is 0 Å². The molecule has 0 saturated carbocycles. The van der Waals surface area contributed by atoms with Gasteiger partial charge in [-0.3, -0.25) is 4.79 Å². The van der Waals surface area contributed by atoms with Gasteiger partial charge in [-0.1, -0.05) is 12.1 Å². The Kier molecular flexibility index (Phi) is 4.15. The fourth-order valence-electron chi connectivity index (χ4n) is 2.56. The molecular formula is C20H14FNO4. The van der Waals surface area contributed by atoms with E-state index in [2.05, 4.69) is 5.32 Å². The summed E-state index contributed by atoms with van der Waals surface area (Å²) in [5, 5.41) is 2.73. The van der Waals surface area contributed by atoms with Crippen LogP contribution in [0.15, 0.2) is 65.1 Å². The van der Waals surface area contributed by atoms with Crippen molar-refractivity contribution >= 4 is 17.7 Å². The lowest BCUT2D eigenvalue weighted by atomic mass is 10.1. The van der Waals surface area contributed by atoms with Crippen molar-refractivity contribution in [2.45, 2.75) is 0 Å². The number of benzene rings is 2. The molecule has 130 valence electrons. The lowest BCUT2D eigenvalue weighted by Gasteiger charge is -2.03. The molecule has 1 amide bonds. The molecule has 1 aliphatic heterocycles. The van der Waals surface area contributed by atoms with Crippen LogP contribution in [-0.2, 0) is 4.79 Å². The highest BCUT2D eigenvalue weighted by Crippen LogP contribution is 2.34. The molecule has 2 aromatic carbocycles. The van der Waals surface area contributed by atoms with E-state index in [1.807, 2.05) is 0 Å². The Hall–Kier alpha value is -3.54. The van der Waals surface area contributed by atoms with E-state index in [4.69, 9.17) is 13.9 Å². The van der Waals surface area contributed by atoms with E-state index < -0.39 is 0 Å². The molecule has 0 atom stereocenters. The molecule has 1 aliphatic rings. The third-order valence-electron chi connectivity index (χ3n) is 3.81. The van der Waals surface area contributed by atoms with E-state index in [9.17, 15) is 9.18 Å². The molecule has 1 aromatic heterocycles. The standard InChI is InChI=1S/C20H14FNO4/c21-16-4-2-1-3-15(16)17-9-6-14(26-17)7-10-20(23)22-13-5-8-18-19(11-13)25-12-24-18/h1-11H,12H2,(H,22,23). The van der Waals surface area contributed by atoms with Gasteiger partial charge >= 0.3 is 0 Å². The smallest absolute Gasteiger partial charge is 0.248 e. The van der Waals surface area contributed by atoms with E-state index in [0.29, 0.717) is 34.3 Å². The third-order valence-corrected chi connectivity index (χ3v) is 3.81. The van der Waals surface area contributed by atoms with Crippen LogP contribution in [0.4, 0.5) is 10.1 Å². The van der Waals surface area contributed by atoms with Crippen LogP contribution in [0.3, 0.4) is 0 Å². The first-order chi connectivity index (χ1) is 12.7. The average molecular weight is 351 g/mol. The molecule has 0 radical (unpaired) electrons. The number of hydrogen-bond donors (Lipinski definition) is 1. The Balaban J connectivity index is 1.43. The quantitative estimate of drug-likeness (QED) is 0.705. The van der Waals surface area contributed by atoms with Crippen molar-refractivity contribution in [2.75, 3.05) is 12.1 Å². The normalized spacial score (nSPS) is 12.5. The third kappa shape index (κ3) is 3.30. The summed E-state index contributed by atoms with van der Waals surface area (Å²) >= 11 is 0. The molecule has 26 heavy (non-hydrogen) atoms. The predicted molar refractivity (Wildman–Crippen MR) is 94.3 cm³/mol. The molecule has 3 aromatic rings. The Morgan fingerprint density at radius 1 is 1.04 bits per heavy atom. The van der Waals surface area contributed by atoms with Crippen LogP contribution in [0, 0.1) is 5.82 Å². The Labute approximate surface area is 148 Å². The second kappa shape index (κ2) is 6.76. The Morgan fingerprint density at radius 2 is 1.88 bits per heavy atom. The average Bonchev–Trinajstić information content (AvgIpc) is 3.29. The first-order valence-corrected chi connectivity index (χ1v) is 7.92. The fourth-order valence-corrected chi connectivity index (χ4v) is 2.56. The zero-order chi connectivity index (χ0) is 17.9. The van der Waals surface area contributed by atoms with Gasteiger partial charge in [0.1, 0.15) is 17.3 Å². The second-order valence-corrected chi connectivity index (χ2v) is 5.57. The van der Waals surface area contributed by atoms with Gasteiger partial charge in [0.05, 0.1) is 5.56 Å². The van der Waals surface area contributed by atoms with E-state index >= 15 is 0 Å². The van der Waals surface area contributed by atoms with Gasteiger partial charge in [0.25, 0.3) is 0 Å². The molecule has 6 heteroatoms. The number of carbonyl (C=O) groups is 1. The summed E-state index contributed by atoms with van der Waals surface area (Å²) in [4.78, 5) is 12.0. The van der Waals surface area contributed by atoms with E-state index in [0.717, 1.165) is 0 Å². The summed E-state index contributed by atoms with van der Waals surface area (Å²) in [7, 11) is 0. The zero-order valence-electron chi connectivity index (χ0n) is 13.6. The highest BCUT2D eigenvalue weighted by Gasteiger charge is 2.13. The van der Waals surface area contributed by atoms with Crippen LogP contribution in [0.2, 0.25) is 0 Å². The number of nitrogens with one attached hydrogen (secondary N) is 1. The van der Waals surface area contributed by atoms with Crippen molar-refractivity contribution in [2.24, 2.45) is 0 Å². The number of ether oxygens (including phenoxy) is 2. The highest BCUT2D eigenvalue weighted by molar-refractivity contribution is 6.01. The fraction of sp³-hybridized carbons (Fsp3) is 0.0500. The summed E-state index contributed by atoms with van der Waals surface area (Å²) in [6.45, 7) is 0.176. The van der Waals surface area contributed by atoms with Crippen molar-refractivity contribution in [3.8, 4) is 22.8 Å². The molecule has 1 N–H and O–H groups in total. The maximum atomic E-state index is 13.8. The monoisotopic (exact) mass is 351 g/mol. The van der Waals surface area contributed by atoms with Crippen molar-refractivity contribution in [3.63, 3.8) is 0 Å². The number of carbonyl (C=O) groups excluding carboxylic acids is 1. The molecule has 0 saturated heterocycles. The summed E-state index contributed by atoms with van der Waals surface area (Å²) in [6.07, 6.45) is 2.86. The summed E-state index contributed by atoms with van der Waals surface area (Å²) in [5.41, 5.74) is 0.965. The van der Waals surface area contributed by atoms with E-state index in [-0.39, 0.29) is 18.5 Å². The van der Waals surface area contributed by atoms with Gasteiger partial charge < -0.3 is 19.2 Å². The zero-order valence-corrected chi connectivity index (χ0v) is 13.6. The van der Waals surface area contributed by atoms with Crippen LogP contribution in [0.25, 0.3) is 17.4 Å². The number of amides is 1. The number of hydrogen-bond acceptors (Lipinski definition) is 4. The molecule has 0 spiro atoms.